The predicted molar refractivity (Wildman–Crippen MR) is 147 cm³/mol. The molecule has 1 aromatic heterocycles. The molecule has 1 aliphatic heterocycles. The van der Waals surface area contributed by atoms with Crippen LogP contribution in [0.1, 0.15) is 28.4 Å². The number of hydrogen-bond donors (Lipinski definition) is 1. The SMILES string of the molecule is O=CC1N(Cc2ccccc2)C(c2ccc(OC(F)(F)F)cc2)CNC1(Cc1ccccc1)Cc1ccccn1. The topological polar surface area (TPSA) is 54.5 Å². The highest BCUT2D eigenvalue weighted by Gasteiger charge is 2.48. The molecule has 5 nitrogen and oxygen atoms in total. The van der Waals surface area contributed by atoms with E-state index in [1.54, 1.807) is 18.3 Å². The molecule has 5 rings (SSSR count). The summed E-state index contributed by atoms with van der Waals surface area (Å²) >= 11 is 0. The van der Waals surface area contributed by atoms with Crippen molar-refractivity contribution in [2.75, 3.05) is 6.54 Å². The second kappa shape index (κ2) is 12.0. The van der Waals surface area contributed by atoms with E-state index in [0.717, 1.165) is 28.7 Å². The van der Waals surface area contributed by atoms with Gasteiger partial charge in [-0.2, -0.15) is 0 Å². The number of benzene rings is 3. The third kappa shape index (κ3) is 6.58. The fourth-order valence-corrected chi connectivity index (χ4v) is 5.63. The quantitative estimate of drug-likeness (QED) is 0.265. The normalized spacial score (nSPS) is 21.6. The van der Waals surface area contributed by atoms with Gasteiger partial charge in [-0.1, -0.05) is 78.9 Å². The largest absolute Gasteiger partial charge is 0.573 e. The minimum atomic E-state index is -4.77. The Morgan fingerprint density at radius 3 is 2.12 bits per heavy atom. The Bertz CT molecular complexity index is 1330. The van der Waals surface area contributed by atoms with Crippen molar-refractivity contribution in [3.05, 3.63) is 132 Å². The Hall–Kier alpha value is -4.01. The molecule has 0 amide bonds. The molecule has 206 valence electrons. The highest BCUT2D eigenvalue weighted by Crippen LogP contribution is 2.37. The smallest absolute Gasteiger partial charge is 0.406 e. The third-order valence-electron chi connectivity index (χ3n) is 7.39. The van der Waals surface area contributed by atoms with Crippen LogP contribution in [-0.2, 0) is 24.2 Å². The third-order valence-corrected chi connectivity index (χ3v) is 7.39. The van der Waals surface area contributed by atoms with Gasteiger partial charge in [-0.3, -0.25) is 9.88 Å². The molecule has 0 saturated carbocycles. The number of carbonyl (C=O) groups is 1. The molecule has 3 atom stereocenters. The zero-order chi connectivity index (χ0) is 28.0. The Morgan fingerprint density at radius 2 is 1.52 bits per heavy atom. The van der Waals surface area contributed by atoms with Gasteiger partial charge < -0.3 is 14.8 Å². The number of aldehydes is 1. The van der Waals surface area contributed by atoms with Gasteiger partial charge in [0.1, 0.15) is 12.0 Å². The molecule has 4 aromatic rings. The first-order chi connectivity index (χ1) is 19.4. The summed E-state index contributed by atoms with van der Waals surface area (Å²) < 4.78 is 42.4. The maximum atomic E-state index is 13.1. The van der Waals surface area contributed by atoms with Crippen molar-refractivity contribution in [1.82, 2.24) is 15.2 Å². The van der Waals surface area contributed by atoms with Gasteiger partial charge in [-0.25, -0.2) is 0 Å². The van der Waals surface area contributed by atoms with Crippen LogP contribution in [0.25, 0.3) is 0 Å². The molecule has 8 heteroatoms. The van der Waals surface area contributed by atoms with E-state index in [2.05, 4.69) is 32.1 Å². The van der Waals surface area contributed by atoms with Gasteiger partial charge in [-0.05, 0) is 47.4 Å². The minimum Gasteiger partial charge on any atom is -0.406 e. The summed E-state index contributed by atoms with van der Waals surface area (Å²) in [6.45, 7) is 0.965. The van der Waals surface area contributed by atoms with Crippen molar-refractivity contribution in [2.45, 2.75) is 43.4 Å². The van der Waals surface area contributed by atoms with E-state index in [1.165, 1.54) is 12.1 Å². The number of rotatable bonds is 9. The molecule has 1 aliphatic rings. The first-order valence-electron chi connectivity index (χ1n) is 13.1. The second-order valence-electron chi connectivity index (χ2n) is 10.1. The van der Waals surface area contributed by atoms with Crippen LogP contribution in [0.4, 0.5) is 13.2 Å². The zero-order valence-electron chi connectivity index (χ0n) is 21.8. The van der Waals surface area contributed by atoms with Crippen LogP contribution in [0.5, 0.6) is 5.75 Å². The average Bonchev–Trinajstić information content (AvgIpc) is 2.95. The predicted octanol–water partition coefficient (Wildman–Crippen LogP) is 5.92. The fraction of sp³-hybridized carbons (Fsp3) is 0.250. The van der Waals surface area contributed by atoms with E-state index >= 15 is 0 Å². The first-order valence-corrected chi connectivity index (χ1v) is 13.1. The highest BCUT2D eigenvalue weighted by atomic mass is 19.4. The molecule has 1 N–H and O–H groups in total. The molecular formula is C32H30F3N3O2. The summed E-state index contributed by atoms with van der Waals surface area (Å²) in [7, 11) is 0. The number of halogens is 3. The molecule has 40 heavy (non-hydrogen) atoms. The number of hydrogen-bond acceptors (Lipinski definition) is 5. The molecule has 0 spiro atoms. The number of nitrogens with one attached hydrogen (secondary N) is 1. The lowest BCUT2D eigenvalue weighted by Gasteiger charge is -2.52. The highest BCUT2D eigenvalue weighted by molar-refractivity contribution is 5.62. The van der Waals surface area contributed by atoms with Gasteiger partial charge in [0, 0.05) is 37.4 Å². The lowest BCUT2D eigenvalue weighted by Crippen LogP contribution is -2.70. The number of alkyl halides is 3. The van der Waals surface area contributed by atoms with Gasteiger partial charge in [0.15, 0.2) is 0 Å². The van der Waals surface area contributed by atoms with Crippen LogP contribution in [0.15, 0.2) is 109 Å². The maximum absolute atomic E-state index is 13.1. The van der Waals surface area contributed by atoms with E-state index in [1.807, 2.05) is 66.7 Å². The van der Waals surface area contributed by atoms with E-state index in [-0.39, 0.29) is 11.8 Å². The van der Waals surface area contributed by atoms with Crippen molar-refractivity contribution in [2.24, 2.45) is 0 Å². The lowest BCUT2D eigenvalue weighted by molar-refractivity contribution is -0.274. The second-order valence-corrected chi connectivity index (χ2v) is 10.1. The molecule has 2 heterocycles. The molecule has 3 aromatic carbocycles. The van der Waals surface area contributed by atoms with Gasteiger partial charge in [-0.15, -0.1) is 13.2 Å². The van der Waals surface area contributed by atoms with E-state index in [0.29, 0.717) is 25.9 Å². The van der Waals surface area contributed by atoms with Crippen LogP contribution in [0, 0.1) is 0 Å². The van der Waals surface area contributed by atoms with Gasteiger partial charge in [0.2, 0.25) is 0 Å². The van der Waals surface area contributed by atoms with Crippen LogP contribution < -0.4 is 10.1 Å². The standard InChI is InChI=1S/C32H30F3N3O2/c33-32(34,35)40-28-16-14-26(15-17-28)29-21-37-31(19-24-9-3-1-4-10-24,20-27-13-7-8-18-36-27)30(23-39)38(29)22-25-11-5-2-6-12-25/h1-18,23,29-30,37H,19-22H2. The van der Waals surface area contributed by atoms with Crippen molar-refractivity contribution in [3.8, 4) is 5.75 Å². The van der Waals surface area contributed by atoms with Gasteiger partial charge >= 0.3 is 6.36 Å². The Morgan fingerprint density at radius 1 is 0.875 bits per heavy atom. The summed E-state index contributed by atoms with van der Waals surface area (Å²) in [6.07, 6.45) is -0.917. The number of ether oxygens (including phenoxy) is 1. The minimum absolute atomic E-state index is 0.275. The maximum Gasteiger partial charge on any atom is 0.573 e. The van der Waals surface area contributed by atoms with Gasteiger partial charge in [0.25, 0.3) is 0 Å². The number of carbonyl (C=O) groups excluding carboxylic acids is 1. The monoisotopic (exact) mass is 545 g/mol. The number of aromatic nitrogens is 1. The van der Waals surface area contributed by atoms with E-state index in [9.17, 15) is 18.0 Å². The molecule has 1 saturated heterocycles. The molecule has 0 radical (unpaired) electrons. The zero-order valence-corrected chi connectivity index (χ0v) is 21.8. The molecule has 1 fully saturated rings. The van der Waals surface area contributed by atoms with Crippen LogP contribution in [0.2, 0.25) is 0 Å². The summed E-state index contributed by atoms with van der Waals surface area (Å²) in [6, 6.07) is 30.7. The van der Waals surface area contributed by atoms with Crippen molar-refractivity contribution >= 4 is 6.29 Å². The number of pyridine rings is 1. The number of nitrogens with zero attached hydrogens (tertiary/aromatic N) is 2. The van der Waals surface area contributed by atoms with Crippen molar-refractivity contribution < 1.29 is 22.7 Å². The van der Waals surface area contributed by atoms with Crippen molar-refractivity contribution in [3.63, 3.8) is 0 Å². The van der Waals surface area contributed by atoms with Gasteiger partial charge in [0.05, 0.1) is 11.6 Å². The van der Waals surface area contributed by atoms with Crippen LogP contribution in [0.3, 0.4) is 0 Å². The fourth-order valence-electron chi connectivity index (χ4n) is 5.63. The van der Waals surface area contributed by atoms with E-state index in [4.69, 9.17) is 0 Å². The number of piperazine rings is 1. The van der Waals surface area contributed by atoms with Crippen LogP contribution in [-0.4, -0.2) is 40.7 Å². The average molecular weight is 546 g/mol. The summed E-state index contributed by atoms with van der Waals surface area (Å²) in [5.41, 5.74) is 3.09. The lowest BCUT2D eigenvalue weighted by atomic mass is 9.76. The molecule has 0 bridgehead atoms. The summed E-state index contributed by atoms with van der Waals surface area (Å²) in [5.74, 6) is -0.282. The van der Waals surface area contributed by atoms with E-state index < -0.39 is 17.9 Å². The molecule has 0 aliphatic carbocycles. The molecular weight excluding hydrogens is 515 g/mol. The first kappa shape index (κ1) is 27.6. The Balaban J connectivity index is 1.55. The Kier molecular flexibility index (Phi) is 8.28. The van der Waals surface area contributed by atoms with Crippen molar-refractivity contribution in [1.29, 1.82) is 0 Å². The Labute approximate surface area is 231 Å². The summed E-state index contributed by atoms with van der Waals surface area (Å²) in [5, 5.41) is 3.72. The summed E-state index contributed by atoms with van der Waals surface area (Å²) in [4.78, 5) is 19.8. The van der Waals surface area contributed by atoms with Crippen LogP contribution >= 0.6 is 0 Å². The molecule has 3 unspecified atom stereocenters.